The molecule has 0 saturated carbocycles. The Bertz CT molecular complexity index is 1470. The van der Waals surface area contributed by atoms with Crippen molar-refractivity contribution in [2.75, 3.05) is 10.6 Å². The monoisotopic (exact) mass is 537 g/mol. The minimum absolute atomic E-state index is 0.0770. The van der Waals surface area contributed by atoms with Crippen LogP contribution in [-0.4, -0.2) is 36.5 Å². The van der Waals surface area contributed by atoms with E-state index in [1.165, 1.54) is 53.7 Å². The van der Waals surface area contributed by atoms with Gasteiger partial charge < -0.3 is 11.1 Å². The van der Waals surface area contributed by atoms with Gasteiger partial charge in [-0.1, -0.05) is 53.6 Å². The Labute approximate surface area is 221 Å². The number of nitrogens with two attached hydrogens (primary N) is 1. The summed E-state index contributed by atoms with van der Waals surface area (Å²) in [5.41, 5.74) is 8.29. The highest BCUT2D eigenvalue weighted by atomic mass is 32.2. The van der Waals surface area contributed by atoms with Crippen LogP contribution in [0.4, 0.5) is 0 Å². The molecule has 0 saturated heterocycles. The normalized spacial score (nSPS) is 10.5. The molecule has 0 fully saturated rings. The molecule has 5 N–H and O–H groups in total. The second-order valence-electron chi connectivity index (χ2n) is 8.51. The number of amidine groups is 1. The number of aromatic nitrogens is 1. The Balaban J connectivity index is 0.000000538. The predicted molar refractivity (Wildman–Crippen MR) is 148 cm³/mol. The van der Waals surface area contributed by atoms with E-state index < -0.39 is 27.4 Å². The average molecular weight is 538 g/mol. The smallest absolute Gasteiger partial charge is 0.273 e. The molecule has 0 bridgehead atoms. The Morgan fingerprint density at radius 3 is 2.00 bits per heavy atom. The fourth-order valence-corrected chi connectivity index (χ4v) is 3.98. The van der Waals surface area contributed by atoms with Gasteiger partial charge in [-0.2, -0.15) is 0 Å². The highest BCUT2D eigenvalue weighted by Crippen LogP contribution is 2.06. The van der Waals surface area contributed by atoms with Crippen LogP contribution in [0.15, 0.2) is 78.2 Å². The Hall–Kier alpha value is -4.51. The van der Waals surface area contributed by atoms with Crippen molar-refractivity contribution in [1.82, 2.24) is 9.99 Å². The first kappa shape index (κ1) is 29.7. The van der Waals surface area contributed by atoms with Crippen molar-refractivity contribution in [2.24, 2.45) is 5.73 Å². The van der Waals surface area contributed by atoms with Crippen LogP contribution in [0.3, 0.4) is 0 Å². The van der Waals surface area contributed by atoms with Crippen LogP contribution in [0.25, 0.3) is 0 Å². The second-order valence-corrected chi connectivity index (χ2v) is 10.3. The maximum atomic E-state index is 12.6. The molecule has 1 aromatic heterocycles. The minimum atomic E-state index is -3.80. The van der Waals surface area contributed by atoms with E-state index in [2.05, 4.69) is 54.8 Å². The predicted octanol–water partition coefficient (Wildman–Crippen LogP) is 2.30. The van der Waals surface area contributed by atoms with E-state index in [-0.39, 0.29) is 29.1 Å². The number of hydrogen-bond donors (Lipinski definition) is 4. The lowest BCUT2D eigenvalue weighted by molar-refractivity contribution is -0.119. The number of hydrogen-bond acceptors (Lipinski definition) is 6. The van der Waals surface area contributed by atoms with Crippen molar-refractivity contribution < 1.29 is 18.0 Å². The first-order valence-corrected chi connectivity index (χ1v) is 13.1. The summed E-state index contributed by atoms with van der Waals surface area (Å²) < 4.78 is 24.5. The lowest BCUT2D eigenvalue weighted by atomic mass is 10.1. The van der Waals surface area contributed by atoms with Gasteiger partial charge >= 0.3 is 0 Å². The van der Waals surface area contributed by atoms with Gasteiger partial charge in [0.15, 0.2) is 0 Å². The summed E-state index contributed by atoms with van der Waals surface area (Å²) in [7, 11) is -3.80. The number of nitrogens with zero attached hydrogens (tertiary/aromatic N) is 1. The largest absolute Gasteiger partial charge is 0.366 e. The first-order chi connectivity index (χ1) is 17.8. The molecular weight excluding hydrogens is 506 g/mol. The molecule has 0 radical (unpaired) electrons. The van der Waals surface area contributed by atoms with Crippen LogP contribution < -0.4 is 21.4 Å². The standard InChI is InChI=1S/C19H21N5O5S.C8H10/c1-3-10-30(28,29)23-24-9-8-12(2)15(19(24)27)11-16(25)22-17(20)13-4-6-14(7-5-13)18(21)26;1-7-3-5-8(2)6-4-7/h3-9,23H,1,10-11H2,2H3,(H2,21,26)(H2,20,22,25);3-6H,1-2H3. The number of primary amides is 1. The number of carbonyl (C=O) groups is 2. The third-order valence-corrected chi connectivity index (χ3v) is 6.43. The highest BCUT2D eigenvalue weighted by Gasteiger charge is 2.16. The van der Waals surface area contributed by atoms with Gasteiger partial charge in [-0.3, -0.25) is 19.8 Å². The van der Waals surface area contributed by atoms with E-state index in [9.17, 15) is 22.8 Å². The summed E-state index contributed by atoms with van der Waals surface area (Å²) >= 11 is 0. The van der Waals surface area contributed by atoms with Gasteiger partial charge in [0.05, 0.1) is 12.2 Å². The van der Waals surface area contributed by atoms with Crippen molar-refractivity contribution in [1.29, 1.82) is 5.41 Å². The van der Waals surface area contributed by atoms with Crippen molar-refractivity contribution in [3.8, 4) is 0 Å². The maximum Gasteiger partial charge on any atom is 0.273 e. The Morgan fingerprint density at radius 2 is 1.50 bits per heavy atom. The number of benzene rings is 2. The number of nitrogens with one attached hydrogen (secondary N) is 3. The van der Waals surface area contributed by atoms with Crippen molar-refractivity contribution >= 4 is 27.7 Å². The third kappa shape index (κ3) is 8.86. The summed E-state index contributed by atoms with van der Waals surface area (Å²) in [6, 6.07) is 15.7. The molecule has 2 aromatic carbocycles. The van der Waals surface area contributed by atoms with Crippen LogP contribution in [0.5, 0.6) is 0 Å². The maximum absolute atomic E-state index is 12.6. The molecule has 0 aliphatic rings. The van der Waals surface area contributed by atoms with E-state index >= 15 is 0 Å². The van der Waals surface area contributed by atoms with Crippen molar-refractivity contribution in [2.45, 2.75) is 27.2 Å². The minimum Gasteiger partial charge on any atom is -0.366 e. The fourth-order valence-electron chi connectivity index (χ4n) is 3.15. The summed E-state index contributed by atoms with van der Waals surface area (Å²) in [5.74, 6) is -1.85. The molecule has 3 rings (SSSR count). The molecule has 1 heterocycles. The zero-order chi connectivity index (χ0) is 28.5. The van der Waals surface area contributed by atoms with Crippen LogP contribution in [0.2, 0.25) is 0 Å². The molecule has 0 aliphatic heterocycles. The summed E-state index contributed by atoms with van der Waals surface area (Å²) in [6.45, 7) is 9.15. The van der Waals surface area contributed by atoms with Crippen LogP contribution in [0, 0.1) is 26.2 Å². The molecule has 0 unspecified atom stereocenters. The first-order valence-electron chi connectivity index (χ1n) is 11.5. The molecule has 200 valence electrons. The number of amides is 2. The quantitative estimate of drug-likeness (QED) is 0.196. The number of aryl methyl sites for hydroxylation is 3. The van der Waals surface area contributed by atoms with E-state index in [1.807, 2.05) is 0 Å². The van der Waals surface area contributed by atoms with Gasteiger partial charge in [0, 0.05) is 22.9 Å². The van der Waals surface area contributed by atoms with Crippen molar-refractivity contribution in [3.63, 3.8) is 0 Å². The highest BCUT2D eigenvalue weighted by molar-refractivity contribution is 7.92. The molecule has 38 heavy (non-hydrogen) atoms. The van der Waals surface area contributed by atoms with Gasteiger partial charge in [-0.15, -0.1) is 6.58 Å². The number of carbonyl (C=O) groups excluding carboxylic acids is 2. The van der Waals surface area contributed by atoms with Crippen LogP contribution in [0.1, 0.15) is 38.2 Å². The van der Waals surface area contributed by atoms with E-state index in [4.69, 9.17) is 11.1 Å². The summed E-state index contributed by atoms with van der Waals surface area (Å²) in [5, 5.41) is 10.3. The van der Waals surface area contributed by atoms with E-state index in [0.29, 0.717) is 11.1 Å². The van der Waals surface area contributed by atoms with Gasteiger partial charge in [0.25, 0.3) is 5.56 Å². The number of sulfonamides is 1. The second kappa shape index (κ2) is 13.2. The Kier molecular flexibility index (Phi) is 10.3. The zero-order valence-electron chi connectivity index (χ0n) is 21.4. The number of rotatable bonds is 8. The van der Waals surface area contributed by atoms with Gasteiger partial charge in [-0.05, 0) is 44.5 Å². The lowest BCUT2D eigenvalue weighted by Gasteiger charge is -2.13. The molecular formula is C27H31N5O5S. The molecule has 0 atom stereocenters. The van der Waals surface area contributed by atoms with Gasteiger partial charge in [-0.25, -0.2) is 17.9 Å². The third-order valence-electron chi connectivity index (χ3n) is 5.28. The Morgan fingerprint density at radius 1 is 0.974 bits per heavy atom. The molecule has 2 amide bonds. The zero-order valence-corrected chi connectivity index (χ0v) is 22.3. The summed E-state index contributed by atoms with van der Waals surface area (Å²) in [6.07, 6.45) is 2.07. The van der Waals surface area contributed by atoms with Gasteiger partial charge in [0.2, 0.25) is 21.8 Å². The van der Waals surface area contributed by atoms with Crippen LogP contribution >= 0.6 is 0 Å². The summed E-state index contributed by atoms with van der Waals surface area (Å²) in [4.78, 5) is 38.1. The SMILES string of the molecule is C=CCS(=O)(=O)Nn1ccc(C)c(CC(=O)NC(=N)c2ccc(C(N)=O)cc2)c1=O.Cc1ccc(C)cc1. The van der Waals surface area contributed by atoms with Crippen LogP contribution in [-0.2, 0) is 21.2 Å². The topological polar surface area (TPSA) is 164 Å². The van der Waals surface area contributed by atoms with Crippen molar-refractivity contribution in [3.05, 3.63) is 117 Å². The molecule has 0 spiro atoms. The average Bonchev–Trinajstić information content (AvgIpc) is 2.85. The molecule has 0 aliphatic carbocycles. The molecule has 3 aromatic rings. The number of pyridine rings is 1. The van der Waals surface area contributed by atoms with E-state index in [0.717, 1.165) is 4.68 Å². The van der Waals surface area contributed by atoms with Gasteiger partial charge in [0.1, 0.15) is 5.84 Å². The molecule has 11 heteroatoms. The fraction of sp³-hybridized carbons (Fsp3) is 0.185. The van der Waals surface area contributed by atoms with E-state index in [1.54, 1.807) is 6.92 Å². The lowest BCUT2D eigenvalue weighted by Crippen LogP contribution is -2.38. The molecule has 10 nitrogen and oxygen atoms in total.